The fraction of sp³-hybridized carbons (Fsp3) is 0.571. The van der Waals surface area contributed by atoms with Crippen molar-refractivity contribution in [3.05, 3.63) is 17.7 Å². The first-order chi connectivity index (χ1) is 9.06. The molecule has 5 heteroatoms. The van der Waals surface area contributed by atoms with Gasteiger partial charge in [0.2, 0.25) is 6.79 Å². The van der Waals surface area contributed by atoms with E-state index in [1.807, 2.05) is 33.2 Å². The van der Waals surface area contributed by atoms with Crippen LogP contribution in [0.2, 0.25) is 0 Å². The van der Waals surface area contributed by atoms with Gasteiger partial charge in [0.05, 0.1) is 0 Å². The molecule has 2 N–H and O–H groups in total. The highest BCUT2D eigenvalue weighted by atomic mass is 16.7. The predicted octanol–water partition coefficient (Wildman–Crippen LogP) is 1.25. The molecule has 0 spiro atoms. The molecule has 1 aromatic carbocycles. The largest absolute Gasteiger partial charge is 0.492 e. The van der Waals surface area contributed by atoms with Gasteiger partial charge in [-0.05, 0) is 39.1 Å². The number of nitrogens with zero attached hydrogens (tertiary/aromatic N) is 1. The van der Waals surface area contributed by atoms with Gasteiger partial charge in [-0.3, -0.25) is 0 Å². The normalized spacial score (nSPS) is 14.8. The monoisotopic (exact) mass is 266 g/mol. The molecule has 1 aliphatic heterocycles. The first kappa shape index (κ1) is 14.0. The molecule has 1 unspecified atom stereocenters. The van der Waals surface area contributed by atoms with Crippen LogP contribution in [0, 0.1) is 0 Å². The highest BCUT2D eigenvalue weighted by Gasteiger charge is 2.18. The first-order valence-corrected chi connectivity index (χ1v) is 6.52. The van der Waals surface area contributed by atoms with Crippen LogP contribution in [0.1, 0.15) is 12.5 Å². The van der Waals surface area contributed by atoms with Crippen LogP contribution >= 0.6 is 0 Å². The number of hydrogen-bond acceptors (Lipinski definition) is 5. The Balaban J connectivity index is 2.14. The number of rotatable bonds is 6. The van der Waals surface area contributed by atoms with Crippen LogP contribution in [0.25, 0.3) is 0 Å². The van der Waals surface area contributed by atoms with Crippen molar-refractivity contribution in [1.29, 1.82) is 0 Å². The third-order valence-electron chi connectivity index (χ3n) is 2.89. The van der Waals surface area contributed by atoms with Gasteiger partial charge in [-0.2, -0.15) is 0 Å². The van der Waals surface area contributed by atoms with E-state index in [-0.39, 0.29) is 12.8 Å². The van der Waals surface area contributed by atoms with E-state index in [1.165, 1.54) is 0 Å². The summed E-state index contributed by atoms with van der Waals surface area (Å²) in [7, 11) is 4.04. The summed E-state index contributed by atoms with van der Waals surface area (Å²) in [6.07, 6.45) is 0.758. The molecule has 1 aromatic rings. The van der Waals surface area contributed by atoms with Crippen molar-refractivity contribution in [1.82, 2.24) is 4.90 Å². The van der Waals surface area contributed by atoms with Crippen molar-refractivity contribution in [2.75, 3.05) is 34.0 Å². The predicted molar refractivity (Wildman–Crippen MR) is 74.0 cm³/mol. The Hall–Kier alpha value is -1.46. The lowest BCUT2D eigenvalue weighted by atomic mass is 10.1. The summed E-state index contributed by atoms with van der Waals surface area (Å²) in [5, 5.41) is 0. The Labute approximate surface area is 114 Å². The number of benzene rings is 1. The van der Waals surface area contributed by atoms with E-state index in [0.29, 0.717) is 6.61 Å². The zero-order valence-corrected chi connectivity index (χ0v) is 11.8. The molecule has 1 aliphatic rings. The summed E-state index contributed by atoms with van der Waals surface area (Å²) in [5.41, 5.74) is 6.95. The molecule has 0 saturated carbocycles. The quantitative estimate of drug-likeness (QED) is 0.839. The molecule has 0 fully saturated rings. The van der Waals surface area contributed by atoms with Gasteiger partial charge in [0.1, 0.15) is 12.4 Å². The van der Waals surface area contributed by atoms with E-state index in [1.54, 1.807) is 0 Å². The molecule has 19 heavy (non-hydrogen) atoms. The summed E-state index contributed by atoms with van der Waals surface area (Å²) in [5.74, 6) is 2.35. The third kappa shape index (κ3) is 3.75. The summed E-state index contributed by atoms with van der Waals surface area (Å²) in [4.78, 5) is 2.08. The van der Waals surface area contributed by atoms with Gasteiger partial charge < -0.3 is 24.8 Å². The minimum atomic E-state index is 0.0802. The van der Waals surface area contributed by atoms with Gasteiger partial charge in [0.25, 0.3) is 0 Å². The third-order valence-corrected chi connectivity index (χ3v) is 2.89. The molecule has 0 aliphatic carbocycles. The Bertz CT molecular complexity index is 433. The van der Waals surface area contributed by atoms with Gasteiger partial charge >= 0.3 is 0 Å². The lowest BCUT2D eigenvalue weighted by molar-refractivity contribution is 0.173. The zero-order chi connectivity index (χ0) is 13.8. The smallest absolute Gasteiger partial charge is 0.231 e. The first-order valence-electron chi connectivity index (χ1n) is 6.52. The molecule has 0 radical (unpaired) electrons. The highest BCUT2D eigenvalue weighted by molar-refractivity contribution is 5.52. The van der Waals surface area contributed by atoms with E-state index < -0.39 is 0 Å². The van der Waals surface area contributed by atoms with Crippen molar-refractivity contribution < 1.29 is 14.2 Å². The standard InChI is InChI=1S/C14H22N2O3/c1-10(15)6-11-7-13-14(19-9-18-13)8-12(11)17-5-4-16(2)3/h7-8,10H,4-6,9,15H2,1-3H3. The van der Waals surface area contributed by atoms with Crippen LogP contribution in [-0.4, -0.2) is 45.0 Å². The molecular formula is C14H22N2O3. The zero-order valence-electron chi connectivity index (χ0n) is 11.8. The Morgan fingerprint density at radius 1 is 1.32 bits per heavy atom. The van der Waals surface area contributed by atoms with Gasteiger partial charge in [-0.1, -0.05) is 0 Å². The minimum absolute atomic E-state index is 0.0802. The number of nitrogens with two attached hydrogens (primary N) is 1. The minimum Gasteiger partial charge on any atom is -0.492 e. The lowest BCUT2D eigenvalue weighted by Gasteiger charge is -2.16. The average molecular weight is 266 g/mol. The maximum Gasteiger partial charge on any atom is 0.231 e. The van der Waals surface area contributed by atoms with Crippen LogP contribution < -0.4 is 19.9 Å². The van der Waals surface area contributed by atoms with E-state index in [9.17, 15) is 0 Å². The summed E-state index contributed by atoms with van der Waals surface area (Å²) in [6, 6.07) is 3.95. The summed E-state index contributed by atoms with van der Waals surface area (Å²) in [6.45, 7) is 3.76. The Kier molecular flexibility index (Phi) is 4.50. The second-order valence-corrected chi connectivity index (χ2v) is 5.15. The van der Waals surface area contributed by atoms with Gasteiger partial charge in [-0.15, -0.1) is 0 Å². The van der Waals surface area contributed by atoms with Crippen molar-refractivity contribution in [3.8, 4) is 17.2 Å². The topological polar surface area (TPSA) is 57.0 Å². The molecule has 5 nitrogen and oxygen atoms in total. The average Bonchev–Trinajstić information content (AvgIpc) is 2.75. The highest BCUT2D eigenvalue weighted by Crippen LogP contribution is 2.38. The van der Waals surface area contributed by atoms with Crippen LogP contribution in [0.5, 0.6) is 17.2 Å². The summed E-state index contributed by atoms with van der Waals surface area (Å²) >= 11 is 0. The fourth-order valence-electron chi connectivity index (χ4n) is 1.94. The maximum absolute atomic E-state index is 5.88. The van der Waals surface area contributed by atoms with Gasteiger partial charge in [0.15, 0.2) is 11.5 Å². The molecular weight excluding hydrogens is 244 g/mol. The molecule has 1 atom stereocenters. The number of likely N-dealkylation sites (N-methyl/N-ethyl adjacent to an activating group) is 1. The molecule has 106 valence electrons. The van der Waals surface area contributed by atoms with Crippen molar-refractivity contribution in [2.24, 2.45) is 5.73 Å². The Morgan fingerprint density at radius 2 is 2.00 bits per heavy atom. The van der Waals surface area contributed by atoms with Crippen molar-refractivity contribution in [2.45, 2.75) is 19.4 Å². The number of hydrogen-bond donors (Lipinski definition) is 1. The van der Waals surface area contributed by atoms with Crippen molar-refractivity contribution >= 4 is 0 Å². The van der Waals surface area contributed by atoms with E-state index in [2.05, 4.69) is 4.90 Å². The Morgan fingerprint density at radius 3 is 2.63 bits per heavy atom. The summed E-state index contributed by atoms with van der Waals surface area (Å²) < 4.78 is 16.6. The molecule has 0 aromatic heterocycles. The molecule has 0 amide bonds. The lowest BCUT2D eigenvalue weighted by Crippen LogP contribution is -2.21. The van der Waals surface area contributed by atoms with Crippen LogP contribution in [0.4, 0.5) is 0 Å². The SMILES string of the molecule is CC(N)Cc1cc2c(cc1OCCN(C)C)OCO2. The van der Waals surface area contributed by atoms with Gasteiger partial charge in [0, 0.05) is 18.7 Å². The van der Waals surface area contributed by atoms with Crippen LogP contribution in [0.3, 0.4) is 0 Å². The fourth-order valence-corrected chi connectivity index (χ4v) is 1.94. The van der Waals surface area contributed by atoms with Crippen molar-refractivity contribution in [3.63, 3.8) is 0 Å². The van der Waals surface area contributed by atoms with Gasteiger partial charge in [-0.25, -0.2) is 0 Å². The van der Waals surface area contributed by atoms with E-state index >= 15 is 0 Å². The second-order valence-electron chi connectivity index (χ2n) is 5.15. The van der Waals surface area contributed by atoms with E-state index in [4.69, 9.17) is 19.9 Å². The van der Waals surface area contributed by atoms with Crippen LogP contribution in [-0.2, 0) is 6.42 Å². The molecule has 0 bridgehead atoms. The number of fused-ring (bicyclic) bond motifs is 1. The second kappa shape index (κ2) is 6.12. The molecule has 0 saturated heterocycles. The molecule has 1 heterocycles. The van der Waals surface area contributed by atoms with E-state index in [0.717, 1.165) is 35.8 Å². The number of ether oxygens (including phenoxy) is 3. The van der Waals surface area contributed by atoms with Crippen LogP contribution in [0.15, 0.2) is 12.1 Å². The molecule has 2 rings (SSSR count). The maximum atomic E-state index is 5.88.